The summed E-state index contributed by atoms with van der Waals surface area (Å²) in [6.07, 6.45) is 8.69. The summed E-state index contributed by atoms with van der Waals surface area (Å²) < 4.78 is 0. The summed E-state index contributed by atoms with van der Waals surface area (Å²) in [5.41, 5.74) is 3.05. The SMILES string of the molecule is CCCCCC1CCc2cc(C(=O)O)ccc2C1. The number of benzene rings is 1. The van der Waals surface area contributed by atoms with Crippen LogP contribution in [0.15, 0.2) is 18.2 Å². The zero-order valence-electron chi connectivity index (χ0n) is 11.1. The van der Waals surface area contributed by atoms with Crippen LogP contribution in [0.4, 0.5) is 0 Å². The lowest BCUT2D eigenvalue weighted by atomic mass is 9.81. The number of unbranched alkanes of at least 4 members (excludes halogenated alkanes) is 2. The van der Waals surface area contributed by atoms with Crippen LogP contribution in [0.1, 0.15) is 60.5 Å². The number of carboxylic acids is 1. The standard InChI is InChI=1S/C16H22O2/c1-2-3-4-5-12-6-7-14-11-15(16(17)18)9-8-13(14)10-12/h8-9,11-12H,2-7,10H2,1H3,(H,17,18). The number of rotatable bonds is 5. The molecule has 18 heavy (non-hydrogen) atoms. The topological polar surface area (TPSA) is 37.3 Å². The van der Waals surface area contributed by atoms with Crippen molar-refractivity contribution in [2.45, 2.75) is 51.9 Å². The van der Waals surface area contributed by atoms with E-state index in [4.69, 9.17) is 5.11 Å². The van der Waals surface area contributed by atoms with Crippen molar-refractivity contribution in [3.05, 3.63) is 34.9 Å². The van der Waals surface area contributed by atoms with Gasteiger partial charge >= 0.3 is 5.97 Å². The monoisotopic (exact) mass is 246 g/mol. The lowest BCUT2D eigenvalue weighted by molar-refractivity contribution is 0.0696. The van der Waals surface area contributed by atoms with Crippen LogP contribution >= 0.6 is 0 Å². The van der Waals surface area contributed by atoms with E-state index >= 15 is 0 Å². The first-order valence-corrected chi connectivity index (χ1v) is 7.05. The molecule has 0 fully saturated rings. The molecule has 0 aliphatic heterocycles. The smallest absolute Gasteiger partial charge is 0.335 e. The van der Waals surface area contributed by atoms with E-state index in [9.17, 15) is 4.79 Å². The second-order valence-corrected chi connectivity index (χ2v) is 5.39. The third-order valence-electron chi connectivity index (χ3n) is 4.00. The van der Waals surface area contributed by atoms with Gasteiger partial charge in [-0.25, -0.2) is 4.79 Å². The minimum absolute atomic E-state index is 0.429. The van der Waals surface area contributed by atoms with Crippen molar-refractivity contribution in [1.29, 1.82) is 0 Å². The number of fused-ring (bicyclic) bond motifs is 1. The summed E-state index contributed by atoms with van der Waals surface area (Å²) >= 11 is 0. The number of aryl methyl sites for hydroxylation is 1. The van der Waals surface area contributed by atoms with Crippen LogP contribution in [0.3, 0.4) is 0 Å². The van der Waals surface area contributed by atoms with E-state index in [0.717, 1.165) is 18.8 Å². The van der Waals surface area contributed by atoms with Crippen molar-refractivity contribution < 1.29 is 9.90 Å². The lowest BCUT2D eigenvalue weighted by Crippen LogP contribution is -2.15. The van der Waals surface area contributed by atoms with Gasteiger partial charge in [0.25, 0.3) is 0 Å². The summed E-state index contributed by atoms with van der Waals surface area (Å²) in [7, 11) is 0. The molecule has 98 valence electrons. The number of hydrogen-bond acceptors (Lipinski definition) is 1. The van der Waals surface area contributed by atoms with Crippen LogP contribution in [0.5, 0.6) is 0 Å². The van der Waals surface area contributed by atoms with Gasteiger partial charge in [0.2, 0.25) is 0 Å². The average Bonchev–Trinajstić information content (AvgIpc) is 2.38. The van der Waals surface area contributed by atoms with E-state index in [2.05, 4.69) is 6.92 Å². The molecule has 2 rings (SSSR count). The van der Waals surface area contributed by atoms with Crippen molar-refractivity contribution >= 4 is 5.97 Å². The minimum atomic E-state index is -0.817. The molecule has 1 unspecified atom stereocenters. The molecule has 0 aromatic heterocycles. The molecule has 1 atom stereocenters. The molecule has 0 saturated heterocycles. The first-order valence-electron chi connectivity index (χ1n) is 7.05. The van der Waals surface area contributed by atoms with Gasteiger partial charge in [0.05, 0.1) is 5.56 Å². The van der Waals surface area contributed by atoms with E-state index in [1.54, 1.807) is 6.07 Å². The number of carboxylic acid groups (broad SMARTS) is 1. The van der Waals surface area contributed by atoms with Crippen molar-refractivity contribution in [3.63, 3.8) is 0 Å². The summed E-state index contributed by atoms with van der Waals surface area (Å²) in [6.45, 7) is 2.24. The quantitative estimate of drug-likeness (QED) is 0.795. The van der Waals surface area contributed by atoms with Gasteiger partial charge < -0.3 is 5.11 Å². The molecule has 1 aromatic rings. The molecule has 0 radical (unpaired) electrons. The number of hydrogen-bond donors (Lipinski definition) is 1. The average molecular weight is 246 g/mol. The van der Waals surface area contributed by atoms with Crippen LogP contribution < -0.4 is 0 Å². The number of carbonyl (C=O) groups is 1. The van der Waals surface area contributed by atoms with Crippen molar-refractivity contribution in [2.24, 2.45) is 5.92 Å². The second-order valence-electron chi connectivity index (χ2n) is 5.39. The van der Waals surface area contributed by atoms with Crippen molar-refractivity contribution in [1.82, 2.24) is 0 Å². The second kappa shape index (κ2) is 6.03. The third-order valence-corrected chi connectivity index (χ3v) is 4.00. The van der Waals surface area contributed by atoms with Crippen LogP contribution in [0, 0.1) is 5.92 Å². The van der Waals surface area contributed by atoms with E-state index in [1.807, 2.05) is 12.1 Å². The molecule has 1 aliphatic rings. The van der Waals surface area contributed by atoms with Crippen LogP contribution in [-0.2, 0) is 12.8 Å². The lowest BCUT2D eigenvalue weighted by Gasteiger charge is -2.24. The fourth-order valence-electron chi connectivity index (χ4n) is 2.89. The zero-order chi connectivity index (χ0) is 13.0. The van der Waals surface area contributed by atoms with Gasteiger partial charge in [0.1, 0.15) is 0 Å². The van der Waals surface area contributed by atoms with E-state index < -0.39 is 5.97 Å². The van der Waals surface area contributed by atoms with Gasteiger partial charge in [-0.2, -0.15) is 0 Å². The Morgan fingerprint density at radius 1 is 1.33 bits per heavy atom. The molecule has 0 spiro atoms. The molecule has 0 bridgehead atoms. The Morgan fingerprint density at radius 2 is 2.17 bits per heavy atom. The van der Waals surface area contributed by atoms with Gasteiger partial charge in [-0.05, 0) is 48.4 Å². The molecule has 0 saturated carbocycles. The number of aromatic carboxylic acids is 1. The molecular weight excluding hydrogens is 224 g/mol. The fourth-order valence-corrected chi connectivity index (χ4v) is 2.89. The molecule has 2 nitrogen and oxygen atoms in total. The van der Waals surface area contributed by atoms with Gasteiger partial charge in [-0.3, -0.25) is 0 Å². The van der Waals surface area contributed by atoms with Gasteiger partial charge in [-0.1, -0.05) is 38.7 Å². The Hall–Kier alpha value is -1.31. The maximum Gasteiger partial charge on any atom is 0.335 e. The van der Waals surface area contributed by atoms with Gasteiger partial charge in [0, 0.05) is 0 Å². The highest BCUT2D eigenvalue weighted by Crippen LogP contribution is 2.29. The fraction of sp³-hybridized carbons (Fsp3) is 0.562. The van der Waals surface area contributed by atoms with Gasteiger partial charge in [0.15, 0.2) is 0 Å². The Labute approximate surface area is 109 Å². The minimum Gasteiger partial charge on any atom is -0.478 e. The zero-order valence-corrected chi connectivity index (χ0v) is 11.1. The molecule has 0 heterocycles. The predicted octanol–water partition coefficient (Wildman–Crippen LogP) is 4.07. The summed E-state index contributed by atoms with van der Waals surface area (Å²) in [6, 6.07) is 5.63. The highest BCUT2D eigenvalue weighted by molar-refractivity contribution is 5.87. The third kappa shape index (κ3) is 3.12. The van der Waals surface area contributed by atoms with E-state index in [1.165, 1.54) is 43.2 Å². The first-order chi connectivity index (χ1) is 8.70. The molecule has 1 N–H and O–H groups in total. The Kier molecular flexibility index (Phi) is 4.40. The summed E-state index contributed by atoms with van der Waals surface area (Å²) in [5, 5.41) is 8.98. The molecule has 0 amide bonds. The largest absolute Gasteiger partial charge is 0.478 e. The summed E-state index contributed by atoms with van der Waals surface area (Å²) in [4.78, 5) is 10.9. The Bertz CT molecular complexity index is 423. The Balaban J connectivity index is 2.00. The van der Waals surface area contributed by atoms with Gasteiger partial charge in [-0.15, -0.1) is 0 Å². The molecule has 2 heteroatoms. The predicted molar refractivity (Wildman–Crippen MR) is 73.1 cm³/mol. The maximum atomic E-state index is 10.9. The van der Waals surface area contributed by atoms with Crippen LogP contribution in [0.25, 0.3) is 0 Å². The van der Waals surface area contributed by atoms with Crippen LogP contribution in [-0.4, -0.2) is 11.1 Å². The maximum absolute atomic E-state index is 10.9. The first kappa shape index (κ1) is 13.1. The summed E-state index contributed by atoms with van der Waals surface area (Å²) in [5.74, 6) is -0.0115. The van der Waals surface area contributed by atoms with E-state index in [0.29, 0.717) is 5.56 Å². The molecule has 1 aliphatic carbocycles. The highest BCUT2D eigenvalue weighted by Gasteiger charge is 2.19. The molecular formula is C16H22O2. The van der Waals surface area contributed by atoms with Crippen LogP contribution in [0.2, 0.25) is 0 Å². The van der Waals surface area contributed by atoms with Crippen molar-refractivity contribution in [2.75, 3.05) is 0 Å². The Morgan fingerprint density at radius 3 is 2.89 bits per heavy atom. The highest BCUT2D eigenvalue weighted by atomic mass is 16.4. The van der Waals surface area contributed by atoms with E-state index in [-0.39, 0.29) is 0 Å². The normalized spacial score (nSPS) is 18.4. The molecule has 1 aromatic carbocycles. The van der Waals surface area contributed by atoms with Crippen molar-refractivity contribution in [3.8, 4) is 0 Å².